The predicted octanol–water partition coefficient (Wildman–Crippen LogP) is 1.88. The predicted molar refractivity (Wildman–Crippen MR) is 66.6 cm³/mol. The zero-order chi connectivity index (χ0) is 12.4. The average molecular weight is 232 g/mol. The van der Waals surface area contributed by atoms with E-state index in [1.807, 2.05) is 13.1 Å². The lowest BCUT2D eigenvalue weighted by Gasteiger charge is -2.33. The summed E-state index contributed by atoms with van der Waals surface area (Å²) in [6, 6.07) is 4.75. The molecule has 0 saturated carbocycles. The number of piperidine rings is 1. The lowest BCUT2D eigenvalue weighted by molar-refractivity contribution is 0.170. The molecule has 0 aliphatic carbocycles. The first-order valence-corrected chi connectivity index (χ1v) is 6.30. The molecular formula is C13H20N4. The van der Waals surface area contributed by atoms with Gasteiger partial charge in [0.15, 0.2) is 0 Å². The zero-order valence-electron chi connectivity index (χ0n) is 10.8. The topological polar surface area (TPSA) is 44.9 Å². The molecule has 1 aromatic rings. The van der Waals surface area contributed by atoms with Crippen LogP contribution in [0.4, 0.5) is 0 Å². The highest BCUT2D eigenvalue weighted by Crippen LogP contribution is 2.28. The highest BCUT2D eigenvalue weighted by Gasteiger charge is 2.24. The van der Waals surface area contributed by atoms with E-state index in [0.717, 1.165) is 31.6 Å². The molecule has 0 spiro atoms. The van der Waals surface area contributed by atoms with Crippen LogP contribution in [-0.2, 0) is 7.05 Å². The van der Waals surface area contributed by atoms with E-state index in [1.165, 1.54) is 0 Å². The van der Waals surface area contributed by atoms with Crippen molar-refractivity contribution in [3.05, 3.63) is 17.5 Å². The van der Waals surface area contributed by atoms with Gasteiger partial charge in [0.05, 0.1) is 5.69 Å². The Kier molecular flexibility index (Phi) is 3.49. The Morgan fingerprint density at radius 1 is 1.41 bits per heavy atom. The van der Waals surface area contributed by atoms with Crippen molar-refractivity contribution in [2.45, 2.75) is 38.6 Å². The smallest absolute Gasteiger partial charge is 0.138 e. The van der Waals surface area contributed by atoms with Gasteiger partial charge in [0.2, 0.25) is 0 Å². The minimum atomic E-state index is 0.526. The maximum absolute atomic E-state index is 8.93. The molecule has 1 aromatic heterocycles. The number of aromatic nitrogens is 2. The summed E-state index contributed by atoms with van der Waals surface area (Å²) in [4.78, 5) is 2.50. The van der Waals surface area contributed by atoms with E-state index in [4.69, 9.17) is 5.26 Å². The van der Waals surface area contributed by atoms with E-state index in [1.54, 1.807) is 4.68 Å². The summed E-state index contributed by atoms with van der Waals surface area (Å²) in [6.45, 7) is 6.77. The van der Waals surface area contributed by atoms with Crippen LogP contribution in [0.1, 0.15) is 44.0 Å². The number of rotatable bonds is 2. The number of hydrogen-bond donors (Lipinski definition) is 0. The molecule has 2 rings (SSSR count). The standard InChI is InChI=1S/C13H20N4/c1-10(2)17-6-4-11(5-7-17)13-8-12(9-14)16(3)15-13/h8,10-11H,4-7H2,1-3H3. The number of hydrogen-bond acceptors (Lipinski definition) is 3. The summed E-state index contributed by atoms with van der Waals surface area (Å²) in [6.07, 6.45) is 2.31. The first-order chi connectivity index (χ1) is 8.11. The van der Waals surface area contributed by atoms with E-state index in [0.29, 0.717) is 17.7 Å². The lowest BCUT2D eigenvalue weighted by atomic mass is 9.93. The van der Waals surface area contributed by atoms with Gasteiger partial charge in [0, 0.05) is 19.0 Å². The Morgan fingerprint density at radius 2 is 2.06 bits per heavy atom. The molecule has 1 saturated heterocycles. The largest absolute Gasteiger partial charge is 0.301 e. The van der Waals surface area contributed by atoms with Crippen LogP contribution in [-0.4, -0.2) is 33.8 Å². The second-order valence-electron chi connectivity index (χ2n) is 5.09. The van der Waals surface area contributed by atoms with Gasteiger partial charge in [-0.2, -0.15) is 10.4 Å². The van der Waals surface area contributed by atoms with Crippen molar-refractivity contribution in [2.75, 3.05) is 13.1 Å². The van der Waals surface area contributed by atoms with Gasteiger partial charge in [-0.1, -0.05) is 0 Å². The Bertz CT molecular complexity index is 419. The normalized spacial score (nSPS) is 18.5. The Morgan fingerprint density at radius 3 is 2.53 bits per heavy atom. The molecule has 2 heterocycles. The first-order valence-electron chi connectivity index (χ1n) is 6.30. The number of nitrogens with zero attached hydrogens (tertiary/aromatic N) is 4. The van der Waals surface area contributed by atoms with Gasteiger partial charge < -0.3 is 4.90 Å². The van der Waals surface area contributed by atoms with Crippen LogP contribution >= 0.6 is 0 Å². The minimum Gasteiger partial charge on any atom is -0.301 e. The Hall–Kier alpha value is -1.34. The molecule has 1 aliphatic rings. The van der Waals surface area contributed by atoms with Crippen molar-refractivity contribution < 1.29 is 0 Å². The third kappa shape index (κ3) is 2.50. The van der Waals surface area contributed by atoms with Crippen molar-refractivity contribution in [2.24, 2.45) is 7.05 Å². The molecule has 0 amide bonds. The third-order valence-electron chi connectivity index (χ3n) is 3.69. The molecule has 1 fully saturated rings. The zero-order valence-corrected chi connectivity index (χ0v) is 10.8. The fourth-order valence-corrected chi connectivity index (χ4v) is 2.51. The van der Waals surface area contributed by atoms with Crippen LogP contribution in [0.2, 0.25) is 0 Å². The molecule has 0 unspecified atom stereocenters. The third-order valence-corrected chi connectivity index (χ3v) is 3.69. The van der Waals surface area contributed by atoms with Crippen molar-refractivity contribution >= 4 is 0 Å². The highest BCUT2D eigenvalue weighted by atomic mass is 15.3. The molecule has 0 bridgehead atoms. The molecule has 0 aromatic carbocycles. The molecule has 92 valence electrons. The summed E-state index contributed by atoms with van der Waals surface area (Å²) >= 11 is 0. The molecule has 4 nitrogen and oxygen atoms in total. The van der Waals surface area contributed by atoms with Crippen LogP contribution in [0.25, 0.3) is 0 Å². The van der Waals surface area contributed by atoms with Crippen molar-refractivity contribution in [3.8, 4) is 6.07 Å². The maximum Gasteiger partial charge on any atom is 0.138 e. The van der Waals surface area contributed by atoms with Crippen LogP contribution in [0.3, 0.4) is 0 Å². The van der Waals surface area contributed by atoms with E-state index in [-0.39, 0.29) is 0 Å². The molecule has 4 heteroatoms. The maximum atomic E-state index is 8.93. The highest BCUT2D eigenvalue weighted by molar-refractivity contribution is 5.25. The summed E-state index contributed by atoms with van der Waals surface area (Å²) in [5.41, 5.74) is 1.75. The molecular weight excluding hydrogens is 212 g/mol. The van der Waals surface area contributed by atoms with E-state index in [9.17, 15) is 0 Å². The quantitative estimate of drug-likeness (QED) is 0.782. The van der Waals surface area contributed by atoms with E-state index in [2.05, 4.69) is 29.9 Å². The molecule has 0 radical (unpaired) electrons. The minimum absolute atomic E-state index is 0.526. The summed E-state index contributed by atoms with van der Waals surface area (Å²) in [5, 5.41) is 13.4. The number of likely N-dealkylation sites (tertiary alicyclic amines) is 1. The number of nitriles is 1. The average Bonchev–Trinajstić information content (AvgIpc) is 2.70. The van der Waals surface area contributed by atoms with Crippen LogP contribution < -0.4 is 0 Å². The summed E-state index contributed by atoms with van der Waals surface area (Å²) in [7, 11) is 1.84. The molecule has 17 heavy (non-hydrogen) atoms. The van der Waals surface area contributed by atoms with Gasteiger partial charge in [0.25, 0.3) is 0 Å². The van der Waals surface area contributed by atoms with Crippen molar-refractivity contribution in [1.29, 1.82) is 5.26 Å². The van der Waals surface area contributed by atoms with E-state index < -0.39 is 0 Å². The van der Waals surface area contributed by atoms with Gasteiger partial charge >= 0.3 is 0 Å². The van der Waals surface area contributed by atoms with Crippen molar-refractivity contribution in [1.82, 2.24) is 14.7 Å². The summed E-state index contributed by atoms with van der Waals surface area (Å²) in [5.74, 6) is 0.526. The van der Waals surface area contributed by atoms with Crippen molar-refractivity contribution in [3.63, 3.8) is 0 Å². The Balaban J connectivity index is 2.03. The van der Waals surface area contributed by atoms with Crippen LogP contribution in [0.5, 0.6) is 0 Å². The van der Waals surface area contributed by atoms with Gasteiger partial charge in [-0.25, -0.2) is 0 Å². The van der Waals surface area contributed by atoms with Crippen LogP contribution in [0, 0.1) is 11.3 Å². The molecule has 1 aliphatic heterocycles. The second-order valence-corrected chi connectivity index (χ2v) is 5.09. The fourth-order valence-electron chi connectivity index (χ4n) is 2.51. The first kappa shape index (κ1) is 12.1. The van der Waals surface area contributed by atoms with E-state index >= 15 is 0 Å². The van der Waals surface area contributed by atoms with Crippen LogP contribution in [0.15, 0.2) is 6.07 Å². The Labute approximate surface area is 103 Å². The number of aryl methyl sites for hydroxylation is 1. The van der Waals surface area contributed by atoms with Gasteiger partial charge in [-0.3, -0.25) is 4.68 Å². The summed E-state index contributed by atoms with van der Waals surface area (Å²) < 4.78 is 1.68. The lowest BCUT2D eigenvalue weighted by Crippen LogP contribution is -2.37. The van der Waals surface area contributed by atoms with Gasteiger partial charge in [-0.05, 0) is 45.8 Å². The molecule has 0 N–H and O–H groups in total. The molecule has 0 atom stereocenters. The fraction of sp³-hybridized carbons (Fsp3) is 0.692. The SMILES string of the molecule is CC(C)N1CCC(c2cc(C#N)n(C)n2)CC1. The second kappa shape index (κ2) is 4.89. The van der Waals surface area contributed by atoms with Gasteiger partial charge in [-0.15, -0.1) is 0 Å². The monoisotopic (exact) mass is 232 g/mol. The van der Waals surface area contributed by atoms with Gasteiger partial charge in [0.1, 0.15) is 11.8 Å².